The van der Waals surface area contributed by atoms with Crippen LogP contribution in [-0.2, 0) is 19.1 Å². The summed E-state index contributed by atoms with van der Waals surface area (Å²) in [5.74, 6) is -0.883. The summed E-state index contributed by atoms with van der Waals surface area (Å²) in [6.07, 6.45) is 0.708. The van der Waals surface area contributed by atoms with Crippen molar-refractivity contribution in [2.45, 2.75) is 46.1 Å². The van der Waals surface area contributed by atoms with Gasteiger partial charge in [0.2, 0.25) is 5.91 Å². The van der Waals surface area contributed by atoms with E-state index in [1.165, 1.54) is 0 Å². The van der Waals surface area contributed by atoms with Gasteiger partial charge in [-0.25, -0.2) is 4.79 Å². The SMILES string of the molecule is CCOCC(=O)NNC(=O)C1CCN(C(=O)OC(C)(C)C)CC1. The zero-order valence-electron chi connectivity index (χ0n) is 14.3. The molecule has 8 nitrogen and oxygen atoms in total. The molecule has 0 unspecified atom stereocenters. The normalized spacial score (nSPS) is 15.9. The van der Waals surface area contributed by atoms with Gasteiger partial charge in [-0.2, -0.15) is 0 Å². The number of ether oxygens (including phenoxy) is 2. The van der Waals surface area contributed by atoms with Gasteiger partial charge < -0.3 is 14.4 Å². The number of nitrogens with one attached hydrogen (secondary N) is 2. The Kier molecular flexibility index (Phi) is 7.28. The van der Waals surface area contributed by atoms with E-state index < -0.39 is 11.5 Å². The second-order valence-corrected chi connectivity index (χ2v) is 6.42. The standard InChI is InChI=1S/C15H27N3O5/c1-5-22-10-12(19)16-17-13(20)11-6-8-18(9-7-11)14(21)23-15(2,3)4/h11H,5-10H2,1-4H3,(H,16,19)(H,17,20). The van der Waals surface area contributed by atoms with Crippen LogP contribution in [-0.4, -0.2) is 54.7 Å². The van der Waals surface area contributed by atoms with Crippen molar-refractivity contribution in [3.63, 3.8) is 0 Å². The minimum Gasteiger partial charge on any atom is -0.444 e. The second-order valence-electron chi connectivity index (χ2n) is 6.42. The average Bonchev–Trinajstić information content (AvgIpc) is 2.49. The third kappa shape index (κ3) is 7.32. The van der Waals surface area contributed by atoms with E-state index in [-0.39, 0.29) is 24.5 Å². The molecule has 0 saturated carbocycles. The lowest BCUT2D eigenvalue weighted by Crippen LogP contribution is -2.49. The molecule has 1 aliphatic heterocycles. The molecule has 1 aliphatic rings. The highest BCUT2D eigenvalue weighted by molar-refractivity contribution is 5.84. The van der Waals surface area contributed by atoms with Gasteiger partial charge in [-0.1, -0.05) is 0 Å². The number of likely N-dealkylation sites (tertiary alicyclic amines) is 1. The summed E-state index contributed by atoms with van der Waals surface area (Å²) in [6, 6.07) is 0. The summed E-state index contributed by atoms with van der Waals surface area (Å²) < 4.78 is 10.2. The van der Waals surface area contributed by atoms with Crippen molar-refractivity contribution in [3.8, 4) is 0 Å². The van der Waals surface area contributed by atoms with Gasteiger partial charge in [0.15, 0.2) is 0 Å². The predicted octanol–water partition coefficient (Wildman–Crippen LogP) is 0.817. The van der Waals surface area contributed by atoms with E-state index >= 15 is 0 Å². The summed E-state index contributed by atoms with van der Waals surface area (Å²) in [5, 5.41) is 0. The molecule has 0 aromatic carbocycles. The molecule has 1 heterocycles. The Hall–Kier alpha value is -1.83. The highest BCUT2D eigenvalue weighted by Gasteiger charge is 2.29. The Bertz CT molecular complexity index is 425. The number of amides is 3. The number of hydrazine groups is 1. The van der Waals surface area contributed by atoms with Crippen molar-refractivity contribution in [3.05, 3.63) is 0 Å². The van der Waals surface area contributed by atoms with E-state index in [0.29, 0.717) is 32.5 Å². The first kappa shape index (κ1) is 19.2. The number of hydrogen-bond acceptors (Lipinski definition) is 5. The molecule has 1 saturated heterocycles. The monoisotopic (exact) mass is 329 g/mol. The van der Waals surface area contributed by atoms with Crippen LogP contribution in [0.25, 0.3) is 0 Å². The van der Waals surface area contributed by atoms with Gasteiger partial charge in [0, 0.05) is 25.6 Å². The van der Waals surface area contributed by atoms with Crippen molar-refractivity contribution in [1.29, 1.82) is 0 Å². The molecule has 23 heavy (non-hydrogen) atoms. The minimum atomic E-state index is -0.532. The highest BCUT2D eigenvalue weighted by atomic mass is 16.6. The van der Waals surface area contributed by atoms with Crippen LogP contribution in [0.3, 0.4) is 0 Å². The molecule has 8 heteroatoms. The molecular weight excluding hydrogens is 302 g/mol. The van der Waals surface area contributed by atoms with Crippen LogP contribution in [0.5, 0.6) is 0 Å². The van der Waals surface area contributed by atoms with Crippen molar-refractivity contribution in [1.82, 2.24) is 15.8 Å². The van der Waals surface area contributed by atoms with Crippen molar-refractivity contribution in [2.75, 3.05) is 26.3 Å². The Balaban J connectivity index is 2.31. The maximum atomic E-state index is 12.0. The number of carbonyl (C=O) groups is 3. The first-order chi connectivity index (χ1) is 10.7. The van der Waals surface area contributed by atoms with Crippen molar-refractivity contribution >= 4 is 17.9 Å². The van der Waals surface area contributed by atoms with Crippen molar-refractivity contribution in [2.24, 2.45) is 5.92 Å². The fraction of sp³-hybridized carbons (Fsp3) is 0.800. The summed E-state index contributed by atoms with van der Waals surface area (Å²) >= 11 is 0. The summed E-state index contributed by atoms with van der Waals surface area (Å²) in [4.78, 5) is 36.9. The van der Waals surface area contributed by atoms with Gasteiger partial charge in [0.05, 0.1) is 0 Å². The molecule has 0 spiro atoms. The largest absolute Gasteiger partial charge is 0.444 e. The van der Waals surface area contributed by atoms with Crippen LogP contribution in [0.1, 0.15) is 40.5 Å². The Morgan fingerprint density at radius 1 is 1.13 bits per heavy atom. The van der Waals surface area contributed by atoms with E-state index in [2.05, 4.69) is 10.9 Å². The zero-order valence-corrected chi connectivity index (χ0v) is 14.3. The summed E-state index contributed by atoms with van der Waals surface area (Å²) in [6.45, 7) is 8.49. The van der Waals surface area contributed by atoms with Crippen LogP contribution in [0.2, 0.25) is 0 Å². The molecule has 0 aromatic heterocycles. The van der Waals surface area contributed by atoms with Crippen LogP contribution in [0.15, 0.2) is 0 Å². The van der Waals surface area contributed by atoms with Crippen LogP contribution < -0.4 is 10.9 Å². The van der Waals surface area contributed by atoms with Gasteiger partial charge >= 0.3 is 6.09 Å². The predicted molar refractivity (Wildman–Crippen MR) is 83.3 cm³/mol. The molecule has 0 aliphatic carbocycles. The van der Waals surface area contributed by atoms with E-state index in [9.17, 15) is 14.4 Å². The topological polar surface area (TPSA) is 97.0 Å². The molecule has 0 atom stereocenters. The average molecular weight is 329 g/mol. The minimum absolute atomic E-state index is 0.0894. The lowest BCUT2D eigenvalue weighted by atomic mass is 9.96. The number of hydrogen-bond donors (Lipinski definition) is 2. The zero-order chi connectivity index (χ0) is 17.5. The smallest absolute Gasteiger partial charge is 0.410 e. The molecule has 0 aromatic rings. The number of nitrogens with zero attached hydrogens (tertiary/aromatic N) is 1. The molecule has 3 amide bonds. The van der Waals surface area contributed by atoms with Crippen LogP contribution in [0.4, 0.5) is 4.79 Å². The van der Waals surface area contributed by atoms with E-state index in [4.69, 9.17) is 9.47 Å². The maximum absolute atomic E-state index is 12.0. The first-order valence-electron chi connectivity index (χ1n) is 7.87. The lowest BCUT2D eigenvalue weighted by Gasteiger charge is -2.32. The second kappa shape index (κ2) is 8.71. The maximum Gasteiger partial charge on any atom is 0.410 e. The summed E-state index contributed by atoms with van der Waals surface area (Å²) in [5.41, 5.74) is 4.17. The van der Waals surface area contributed by atoms with Gasteiger partial charge in [0.25, 0.3) is 5.91 Å². The lowest BCUT2D eigenvalue weighted by molar-refractivity contribution is -0.134. The molecule has 1 rings (SSSR count). The van der Waals surface area contributed by atoms with E-state index in [1.807, 2.05) is 20.8 Å². The van der Waals surface area contributed by atoms with Gasteiger partial charge in [-0.15, -0.1) is 0 Å². The molecule has 2 N–H and O–H groups in total. The van der Waals surface area contributed by atoms with Crippen LogP contribution in [0, 0.1) is 5.92 Å². The quantitative estimate of drug-likeness (QED) is 0.744. The third-order valence-electron chi connectivity index (χ3n) is 3.28. The van der Waals surface area contributed by atoms with E-state index in [1.54, 1.807) is 11.8 Å². The third-order valence-corrected chi connectivity index (χ3v) is 3.28. The summed E-state index contributed by atoms with van der Waals surface area (Å²) in [7, 11) is 0. The molecule has 132 valence electrons. The Morgan fingerprint density at radius 2 is 1.74 bits per heavy atom. The fourth-order valence-electron chi connectivity index (χ4n) is 2.11. The van der Waals surface area contributed by atoms with Crippen LogP contribution >= 0.6 is 0 Å². The van der Waals surface area contributed by atoms with Gasteiger partial charge in [-0.05, 0) is 40.5 Å². The number of piperidine rings is 1. The first-order valence-corrected chi connectivity index (χ1v) is 7.87. The molecular formula is C15H27N3O5. The van der Waals surface area contributed by atoms with Gasteiger partial charge in [-0.3, -0.25) is 20.4 Å². The molecule has 0 radical (unpaired) electrons. The highest BCUT2D eigenvalue weighted by Crippen LogP contribution is 2.19. The number of rotatable bonds is 4. The van der Waals surface area contributed by atoms with E-state index in [0.717, 1.165) is 0 Å². The molecule has 0 bridgehead atoms. The Labute approximate surface area is 136 Å². The molecule has 1 fully saturated rings. The van der Waals surface area contributed by atoms with Gasteiger partial charge in [0.1, 0.15) is 12.2 Å². The number of carbonyl (C=O) groups excluding carboxylic acids is 3. The Morgan fingerprint density at radius 3 is 2.26 bits per heavy atom. The van der Waals surface area contributed by atoms with Crippen molar-refractivity contribution < 1.29 is 23.9 Å². The fourth-order valence-corrected chi connectivity index (χ4v) is 2.11.